The van der Waals surface area contributed by atoms with E-state index >= 15 is 0 Å². The van der Waals surface area contributed by atoms with Crippen LogP contribution in [0.5, 0.6) is 0 Å². The Hall–Kier alpha value is -1.98. The third kappa shape index (κ3) is 2.89. The Bertz CT molecular complexity index is 784. The maximum absolute atomic E-state index is 13.4. The number of nitrogens with two attached hydrogens (primary N) is 1. The monoisotopic (exact) mass is 299 g/mol. The number of hydrogen-bond donors (Lipinski definition) is 1. The molecule has 21 heavy (non-hydrogen) atoms. The van der Waals surface area contributed by atoms with Crippen molar-refractivity contribution in [2.45, 2.75) is 22.9 Å². The molecule has 106 valence electrons. The van der Waals surface area contributed by atoms with Crippen molar-refractivity contribution in [1.82, 2.24) is 9.97 Å². The van der Waals surface area contributed by atoms with Crippen LogP contribution in [0.3, 0.4) is 0 Å². The van der Waals surface area contributed by atoms with Crippen molar-refractivity contribution in [3.8, 4) is 0 Å². The highest BCUT2D eigenvalue weighted by atomic mass is 32.2. The summed E-state index contributed by atoms with van der Waals surface area (Å²) in [5.74, 6) is -0.279. The van der Waals surface area contributed by atoms with E-state index in [1.54, 1.807) is 12.4 Å². The fourth-order valence-corrected chi connectivity index (χ4v) is 3.22. The molecular weight excluding hydrogens is 285 g/mol. The molecule has 0 spiro atoms. The van der Waals surface area contributed by atoms with Gasteiger partial charge in [0.2, 0.25) is 0 Å². The fourth-order valence-electron chi connectivity index (χ4n) is 2.13. The Morgan fingerprint density at radius 3 is 2.76 bits per heavy atom. The Balaban J connectivity index is 2.07. The van der Waals surface area contributed by atoms with Crippen molar-refractivity contribution in [1.29, 1.82) is 0 Å². The summed E-state index contributed by atoms with van der Waals surface area (Å²) < 4.78 is 13.4. The first-order valence-corrected chi connectivity index (χ1v) is 7.39. The Kier molecular flexibility index (Phi) is 3.86. The first kappa shape index (κ1) is 14.0. The van der Waals surface area contributed by atoms with Gasteiger partial charge in [0.05, 0.1) is 5.52 Å². The van der Waals surface area contributed by atoms with Crippen molar-refractivity contribution in [2.24, 2.45) is 5.73 Å². The standard InChI is InChI=1S/C16H14FN3S/c1-10(18)13-8-11(17)6-7-15(13)21-16-12-4-2-3-5-14(12)19-9-20-16/h2-10H,18H2,1H3/t10-/m0/s1. The number of nitrogens with zero attached hydrogens (tertiary/aromatic N) is 2. The van der Waals surface area contributed by atoms with Crippen LogP contribution in [0.4, 0.5) is 4.39 Å². The van der Waals surface area contributed by atoms with E-state index in [1.165, 1.54) is 23.9 Å². The molecule has 1 atom stereocenters. The van der Waals surface area contributed by atoms with E-state index < -0.39 is 0 Å². The van der Waals surface area contributed by atoms with Gasteiger partial charge in [-0.15, -0.1) is 0 Å². The first-order chi connectivity index (χ1) is 10.1. The highest BCUT2D eigenvalue weighted by Gasteiger charge is 2.12. The Morgan fingerprint density at radius 2 is 1.95 bits per heavy atom. The van der Waals surface area contributed by atoms with Crippen LogP contribution >= 0.6 is 11.8 Å². The quantitative estimate of drug-likeness (QED) is 0.744. The number of benzene rings is 2. The van der Waals surface area contributed by atoms with Crippen LogP contribution in [-0.4, -0.2) is 9.97 Å². The summed E-state index contributed by atoms with van der Waals surface area (Å²) in [6, 6.07) is 12.2. The number of halogens is 1. The maximum Gasteiger partial charge on any atom is 0.123 e. The molecule has 0 radical (unpaired) electrons. The molecule has 0 bridgehead atoms. The summed E-state index contributed by atoms with van der Waals surface area (Å²) in [4.78, 5) is 9.50. The molecule has 0 aliphatic heterocycles. The van der Waals surface area contributed by atoms with E-state index in [0.29, 0.717) is 0 Å². The highest BCUT2D eigenvalue weighted by molar-refractivity contribution is 7.99. The second-order valence-corrected chi connectivity index (χ2v) is 5.80. The minimum absolute atomic E-state index is 0.240. The van der Waals surface area contributed by atoms with Gasteiger partial charge in [-0.25, -0.2) is 14.4 Å². The smallest absolute Gasteiger partial charge is 0.123 e. The zero-order valence-electron chi connectivity index (χ0n) is 11.5. The zero-order chi connectivity index (χ0) is 14.8. The summed E-state index contributed by atoms with van der Waals surface area (Å²) in [7, 11) is 0. The molecule has 2 N–H and O–H groups in total. The Labute approximate surface area is 126 Å². The van der Waals surface area contributed by atoms with E-state index in [9.17, 15) is 4.39 Å². The second kappa shape index (κ2) is 5.79. The summed E-state index contributed by atoms with van der Waals surface area (Å²) >= 11 is 1.48. The summed E-state index contributed by atoms with van der Waals surface area (Å²) in [5.41, 5.74) is 7.61. The minimum atomic E-state index is -0.279. The summed E-state index contributed by atoms with van der Waals surface area (Å²) in [6.45, 7) is 1.84. The third-order valence-corrected chi connectivity index (χ3v) is 4.29. The topological polar surface area (TPSA) is 51.8 Å². The molecule has 0 aliphatic rings. The van der Waals surface area contributed by atoms with Gasteiger partial charge in [0.25, 0.3) is 0 Å². The average Bonchev–Trinajstić information content (AvgIpc) is 2.49. The van der Waals surface area contributed by atoms with Gasteiger partial charge in [0, 0.05) is 16.3 Å². The first-order valence-electron chi connectivity index (χ1n) is 6.58. The molecule has 0 aliphatic carbocycles. The lowest BCUT2D eigenvalue weighted by atomic mass is 10.1. The number of para-hydroxylation sites is 1. The van der Waals surface area contributed by atoms with E-state index in [1.807, 2.05) is 31.2 Å². The van der Waals surface area contributed by atoms with Gasteiger partial charge >= 0.3 is 0 Å². The predicted molar refractivity (Wildman–Crippen MR) is 82.7 cm³/mol. The van der Waals surface area contributed by atoms with Gasteiger partial charge in [-0.1, -0.05) is 30.0 Å². The summed E-state index contributed by atoms with van der Waals surface area (Å²) in [6.07, 6.45) is 1.54. The molecule has 0 fully saturated rings. The van der Waals surface area contributed by atoms with Gasteiger partial charge in [0.15, 0.2) is 0 Å². The van der Waals surface area contributed by atoms with Gasteiger partial charge < -0.3 is 5.73 Å². The molecule has 0 amide bonds. The lowest BCUT2D eigenvalue weighted by Gasteiger charge is -2.12. The van der Waals surface area contributed by atoms with Crippen LogP contribution in [0.2, 0.25) is 0 Å². The SMILES string of the molecule is C[C@H](N)c1cc(F)ccc1Sc1ncnc2ccccc12. The van der Waals surface area contributed by atoms with Crippen molar-refractivity contribution >= 4 is 22.7 Å². The van der Waals surface area contributed by atoms with Gasteiger partial charge in [-0.3, -0.25) is 0 Å². The van der Waals surface area contributed by atoms with E-state index in [2.05, 4.69) is 9.97 Å². The third-order valence-electron chi connectivity index (χ3n) is 3.18. The lowest BCUT2D eigenvalue weighted by molar-refractivity contribution is 0.619. The molecule has 0 unspecified atom stereocenters. The zero-order valence-corrected chi connectivity index (χ0v) is 12.3. The number of rotatable bonds is 3. The number of fused-ring (bicyclic) bond motifs is 1. The number of aromatic nitrogens is 2. The van der Waals surface area contributed by atoms with Crippen molar-refractivity contribution in [3.63, 3.8) is 0 Å². The predicted octanol–water partition coefficient (Wildman–Crippen LogP) is 3.94. The molecule has 0 saturated heterocycles. The van der Waals surface area contributed by atoms with Crippen LogP contribution < -0.4 is 5.73 Å². The molecule has 2 aromatic carbocycles. The average molecular weight is 299 g/mol. The van der Waals surface area contributed by atoms with Crippen LogP contribution in [-0.2, 0) is 0 Å². The van der Waals surface area contributed by atoms with Crippen molar-refractivity contribution in [3.05, 3.63) is 60.2 Å². The minimum Gasteiger partial charge on any atom is -0.324 e. The number of hydrogen-bond acceptors (Lipinski definition) is 4. The normalized spacial score (nSPS) is 12.5. The van der Waals surface area contributed by atoms with Gasteiger partial charge in [-0.05, 0) is 36.8 Å². The molecule has 3 aromatic rings. The molecule has 0 saturated carbocycles. The fraction of sp³-hybridized carbons (Fsp3) is 0.125. The van der Waals surface area contributed by atoms with Crippen LogP contribution in [0.25, 0.3) is 10.9 Å². The van der Waals surface area contributed by atoms with E-state index in [-0.39, 0.29) is 11.9 Å². The van der Waals surface area contributed by atoms with Crippen molar-refractivity contribution in [2.75, 3.05) is 0 Å². The Morgan fingerprint density at radius 1 is 1.14 bits per heavy atom. The molecule has 3 nitrogen and oxygen atoms in total. The van der Waals surface area contributed by atoms with Crippen LogP contribution in [0.15, 0.2) is 58.7 Å². The molecule has 1 heterocycles. The molecule has 1 aromatic heterocycles. The maximum atomic E-state index is 13.4. The molecular formula is C16H14FN3S. The second-order valence-electron chi connectivity index (χ2n) is 4.77. The van der Waals surface area contributed by atoms with Crippen LogP contribution in [0, 0.1) is 5.82 Å². The van der Waals surface area contributed by atoms with Gasteiger partial charge in [0.1, 0.15) is 17.2 Å². The van der Waals surface area contributed by atoms with Crippen LogP contribution in [0.1, 0.15) is 18.5 Å². The molecule has 3 rings (SSSR count). The lowest BCUT2D eigenvalue weighted by Crippen LogP contribution is -2.07. The molecule has 5 heteroatoms. The van der Waals surface area contributed by atoms with Crippen molar-refractivity contribution < 1.29 is 4.39 Å². The van der Waals surface area contributed by atoms with E-state index in [4.69, 9.17) is 5.73 Å². The summed E-state index contributed by atoms with van der Waals surface area (Å²) in [5, 5.41) is 1.82. The van der Waals surface area contributed by atoms with Gasteiger partial charge in [-0.2, -0.15) is 0 Å². The van der Waals surface area contributed by atoms with E-state index in [0.717, 1.165) is 26.4 Å². The largest absolute Gasteiger partial charge is 0.324 e. The highest BCUT2D eigenvalue weighted by Crippen LogP contribution is 2.35.